The number of nitrogens with zero attached hydrogens (tertiary/aromatic N) is 2. The summed E-state index contributed by atoms with van der Waals surface area (Å²) >= 11 is 18.7. The highest BCUT2D eigenvalue weighted by Gasteiger charge is 2.17. The number of carbonyl (C=O) groups excluding carboxylic acids is 1. The molecule has 34 heavy (non-hydrogen) atoms. The van der Waals surface area contributed by atoms with Gasteiger partial charge in [-0.1, -0.05) is 46.9 Å². The third kappa shape index (κ3) is 4.94. The standard InChI is InChI=1S/C25H20Cl3N3O3/c26-20-5-2-6-21(27)19(20)12-31-13-22(28)24(30-31)29-25(32)23-10-9-18(34-23)14-33-17-8-7-15-3-1-4-16(15)11-17/h2,5-11,13H,1,3-4,12,14H2,(H,29,30,32). The van der Waals surface area contributed by atoms with Crippen LogP contribution in [0.15, 0.2) is 59.1 Å². The fourth-order valence-corrected chi connectivity index (χ4v) is 4.66. The molecule has 1 aliphatic carbocycles. The van der Waals surface area contributed by atoms with E-state index in [-0.39, 0.29) is 23.2 Å². The van der Waals surface area contributed by atoms with Gasteiger partial charge in [-0.2, -0.15) is 5.10 Å². The number of rotatable bonds is 7. The lowest BCUT2D eigenvalue weighted by Gasteiger charge is -2.07. The smallest absolute Gasteiger partial charge is 0.292 e. The first-order valence-electron chi connectivity index (χ1n) is 10.8. The van der Waals surface area contributed by atoms with Crippen LogP contribution in [-0.2, 0) is 26.0 Å². The van der Waals surface area contributed by atoms with Crippen LogP contribution in [0.25, 0.3) is 0 Å². The minimum Gasteiger partial charge on any atom is -0.486 e. The number of ether oxygens (including phenoxy) is 1. The van der Waals surface area contributed by atoms with Crippen molar-refractivity contribution in [3.63, 3.8) is 0 Å². The summed E-state index contributed by atoms with van der Waals surface area (Å²) in [5.41, 5.74) is 3.44. The van der Waals surface area contributed by atoms with Crippen LogP contribution in [0.2, 0.25) is 15.1 Å². The number of anilines is 1. The van der Waals surface area contributed by atoms with Gasteiger partial charge in [-0.05, 0) is 66.8 Å². The number of furan rings is 1. The van der Waals surface area contributed by atoms with Crippen molar-refractivity contribution >= 4 is 46.5 Å². The topological polar surface area (TPSA) is 69.3 Å². The molecule has 0 unspecified atom stereocenters. The van der Waals surface area contributed by atoms with Gasteiger partial charge in [-0.25, -0.2) is 0 Å². The number of carbonyl (C=O) groups is 1. The van der Waals surface area contributed by atoms with Crippen molar-refractivity contribution < 1.29 is 13.9 Å². The van der Waals surface area contributed by atoms with E-state index in [9.17, 15) is 4.79 Å². The molecule has 5 rings (SSSR count). The van der Waals surface area contributed by atoms with Crippen LogP contribution in [0.5, 0.6) is 5.75 Å². The molecule has 0 fully saturated rings. The van der Waals surface area contributed by atoms with Gasteiger partial charge in [-0.15, -0.1) is 0 Å². The molecule has 9 heteroatoms. The lowest BCUT2D eigenvalue weighted by molar-refractivity contribution is 0.0992. The van der Waals surface area contributed by atoms with Gasteiger partial charge < -0.3 is 14.5 Å². The average Bonchev–Trinajstić information content (AvgIpc) is 3.55. The van der Waals surface area contributed by atoms with Crippen molar-refractivity contribution in [1.29, 1.82) is 0 Å². The quantitative estimate of drug-likeness (QED) is 0.293. The van der Waals surface area contributed by atoms with Crippen molar-refractivity contribution in [2.45, 2.75) is 32.4 Å². The molecule has 6 nitrogen and oxygen atoms in total. The van der Waals surface area contributed by atoms with Gasteiger partial charge in [0.2, 0.25) is 0 Å². The summed E-state index contributed by atoms with van der Waals surface area (Å²) in [6, 6.07) is 14.7. The van der Waals surface area contributed by atoms with Crippen LogP contribution >= 0.6 is 34.8 Å². The number of hydrogen-bond donors (Lipinski definition) is 1. The van der Waals surface area contributed by atoms with E-state index in [1.54, 1.807) is 41.2 Å². The Balaban J connectivity index is 1.21. The second kappa shape index (κ2) is 9.74. The molecule has 0 bridgehead atoms. The van der Waals surface area contributed by atoms with Crippen LogP contribution < -0.4 is 10.1 Å². The van der Waals surface area contributed by atoms with Gasteiger partial charge in [0, 0.05) is 21.8 Å². The number of hydrogen-bond acceptors (Lipinski definition) is 4. The van der Waals surface area contributed by atoms with Crippen molar-refractivity contribution in [3.8, 4) is 5.75 Å². The molecule has 0 aliphatic heterocycles. The van der Waals surface area contributed by atoms with Crippen LogP contribution in [0.3, 0.4) is 0 Å². The van der Waals surface area contributed by atoms with Gasteiger partial charge in [0.15, 0.2) is 11.6 Å². The highest BCUT2D eigenvalue weighted by Crippen LogP contribution is 2.28. The molecule has 1 amide bonds. The van der Waals surface area contributed by atoms with E-state index in [2.05, 4.69) is 22.5 Å². The van der Waals surface area contributed by atoms with Crippen LogP contribution in [0, 0.1) is 0 Å². The second-order valence-electron chi connectivity index (χ2n) is 8.02. The Hall–Kier alpha value is -2.93. The molecule has 2 aromatic heterocycles. The van der Waals surface area contributed by atoms with Crippen LogP contribution in [0.1, 0.15) is 39.4 Å². The number of halogens is 3. The molecule has 0 radical (unpaired) electrons. The molecule has 0 saturated carbocycles. The van der Waals surface area contributed by atoms with E-state index < -0.39 is 5.91 Å². The van der Waals surface area contributed by atoms with E-state index in [1.807, 2.05) is 6.07 Å². The van der Waals surface area contributed by atoms with E-state index in [0.29, 0.717) is 27.9 Å². The van der Waals surface area contributed by atoms with Crippen molar-refractivity contribution in [2.24, 2.45) is 0 Å². The summed E-state index contributed by atoms with van der Waals surface area (Å²) in [6.45, 7) is 0.527. The molecule has 2 heterocycles. The largest absolute Gasteiger partial charge is 0.486 e. The fraction of sp³-hybridized carbons (Fsp3) is 0.200. The predicted molar refractivity (Wildman–Crippen MR) is 132 cm³/mol. The van der Waals surface area contributed by atoms with Crippen molar-refractivity contribution in [3.05, 3.63) is 98.0 Å². The van der Waals surface area contributed by atoms with Gasteiger partial charge in [0.05, 0.1) is 6.54 Å². The molecule has 1 aliphatic rings. The molecule has 0 saturated heterocycles. The first-order valence-corrected chi connectivity index (χ1v) is 11.9. The number of aromatic nitrogens is 2. The number of fused-ring (bicyclic) bond motifs is 1. The van der Waals surface area contributed by atoms with Crippen molar-refractivity contribution in [1.82, 2.24) is 9.78 Å². The molecule has 174 valence electrons. The number of aryl methyl sites for hydroxylation is 2. The fourth-order valence-electron chi connectivity index (χ4n) is 3.95. The Morgan fingerprint density at radius 3 is 2.65 bits per heavy atom. The van der Waals surface area contributed by atoms with Gasteiger partial charge in [-0.3, -0.25) is 9.48 Å². The lowest BCUT2D eigenvalue weighted by Crippen LogP contribution is -2.12. The number of nitrogens with one attached hydrogen (secondary N) is 1. The summed E-state index contributed by atoms with van der Waals surface area (Å²) in [5.74, 6) is 1.20. The number of benzene rings is 2. The van der Waals surface area contributed by atoms with Gasteiger partial charge in [0.1, 0.15) is 23.1 Å². The summed E-state index contributed by atoms with van der Waals surface area (Å²) < 4.78 is 13.1. The zero-order valence-corrected chi connectivity index (χ0v) is 20.3. The maximum atomic E-state index is 12.7. The van der Waals surface area contributed by atoms with Gasteiger partial charge >= 0.3 is 0 Å². The minimum atomic E-state index is -0.466. The third-order valence-electron chi connectivity index (χ3n) is 5.67. The van der Waals surface area contributed by atoms with Crippen LogP contribution in [0.4, 0.5) is 5.82 Å². The zero-order valence-electron chi connectivity index (χ0n) is 18.0. The number of amides is 1. The van der Waals surface area contributed by atoms with E-state index in [0.717, 1.165) is 18.6 Å². The normalized spacial score (nSPS) is 12.6. The average molecular weight is 517 g/mol. The monoisotopic (exact) mass is 515 g/mol. The maximum Gasteiger partial charge on any atom is 0.292 e. The maximum absolute atomic E-state index is 12.7. The summed E-state index contributed by atoms with van der Waals surface area (Å²) in [7, 11) is 0. The SMILES string of the molecule is O=C(Nc1nn(Cc2c(Cl)cccc2Cl)cc1Cl)c1ccc(COc2ccc3c(c2)CCC3)o1. The molecule has 4 aromatic rings. The summed E-state index contributed by atoms with van der Waals surface area (Å²) in [6.07, 6.45) is 4.99. The van der Waals surface area contributed by atoms with E-state index >= 15 is 0 Å². The Bertz CT molecular complexity index is 1340. The molecular formula is C25H20Cl3N3O3. The second-order valence-corrected chi connectivity index (χ2v) is 9.24. The van der Waals surface area contributed by atoms with E-state index in [4.69, 9.17) is 44.0 Å². The molecule has 0 spiro atoms. The predicted octanol–water partition coefficient (Wildman–Crippen LogP) is 6.80. The minimum absolute atomic E-state index is 0.132. The molecule has 1 N–H and O–H groups in total. The van der Waals surface area contributed by atoms with Gasteiger partial charge in [0.25, 0.3) is 5.91 Å². The summed E-state index contributed by atoms with van der Waals surface area (Å²) in [5, 5.41) is 8.33. The molecule has 0 atom stereocenters. The zero-order chi connectivity index (χ0) is 23.7. The summed E-state index contributed by atoms with van der Waals surface area (Å²) in [4.78, 5) is 12.7. The highest BCUT2D eigenvalue weighted by molar-refractivity contribution is 6.36. The Labute approximate surface area is 211 Å². The van der Waals surface area contributed by atoms with Crippen LogP contribution in [-0.4, -0.2) is 15.7 Å². The molecular weight excluding hydrogens is 497 g/mol. The molecule has 2 aromatic carbocycles. The Morgan fingerprint density at radius 1 is 1.03 bits per heavy atom. The first kappa shape index (κ1) is 22.8. The first-order chi connectivity index (χ1) is 16.5. The Kier molecular flexibility index (Phi) is 6.55. The Morgan fingerprint density at radius 2 is 1.82 bits per heavy atom. The van der Waals surface area contributed by atoms with Crippen molar-refractivity contribution in [2.75, 3.05) is 5.32 Å². The highest BCUT2D eigenvalue weighted by atomic mass is 35.5. The lowest BCUT2D eigenvalue weighted by atomic mass is 10.1. The van der Waals surface area contributed by atoms with E-state index in [1.165, 1.54) is 17.5 Å². The third-order valence-corrected chi connectivity index (χ3v) is 6.65.